The molecule has 5 nitrogen and oxygen atoms in total. The number of rotatable bonds is 6. The Hall–Kier alpha value is -0.720. The molecule has 0 aromatic carbocycles. The van der Waals surface area contributed by atoms with E-state index in [4.69, 9.17) is 5.73 Å². The van der Waals surface area contributed by atoms with Crippen LogP contribution < -0.4 is 16.4 Å². The first-order chi connectivity index (χ1) is 13.5. The van der Waals surface area contributed by atoms with E-state index in [0.29, 0.717) is 29.8 Å². The van der Waals surface area contributed by atoms with Gasteiger partial charge in [0.15, 0.2) is 0 Å². The molecule has 5 heteroatoms. The highest BCUT2D eigenvalue weighted by molar-refractivity contribution is 5.34. The summed E-state index contributed by atoms with van der Waals surface area (Å²) < 4.78 is 0. The third-order valence-corrected chi connectivity index (χ3v) is 7.29. The van der Waals surface area contributed by atoms with Crippen molar-refractivity contribution in [2.75, 3.05) is 59.9 Å². The lowest BCUT2D eigenvalue weighted by molar-refractivity contribution is 0.0909. The van der Waals surface area contributed by atoms with E-state index >= 15 is 0 Å². The van der Waals surface area contributed by atoms with Crippen LogP contribution in [0.3, 0.4) is 0 Å². The fourth-order valence-corrected chi connectivity index (χ4v) is 5.61. The van der Waals surface area contributed by atoms with Crippen LogP contribution in [0.4, 0.5) is 0 Å². The zero-order chi connectivity index (χ0) is 20.3. The molecule has 4 unspecified atom stereocenters. The van der Waals surface area contributed by atoms with Crippen LogP contribution in [-0.2, 0) is 0 Å². The Morgan fingerprint density at radius 2 is 2.11 bits per heavy atom. The zero-order valence-corrected chi connectivity index (χ0v) is 18.8. The Kier molecular flexibility index (Phi) is 7.74. The lowest BCUT2D eigenvalue weighted by atomic mass is 9.76. The molecule has 0 saturated carbocycles. The molecule has 0 aliphatic carbocycles. The fraction of sp³-hybridized carbons (Fsp3) is 0.826. The van der Waals surface area contributed by atoms with Crippen LogP contribution in [0.2, 0.25) is 0 Å². The van der Waals surface area contributed by atoms with Crippen molar-refractivity contribution in [2.24, 2.45) is 23.5 Å². The van der Waals surface area contributed by atoms with Crippen molar-refractivity contribution >= 4 is 0 Å². The summed E-state index contributed by atoms with van der Waals surface area (Å²) >= 11 is 0. The summed E-state index contributed by atoms with van der Waals surface area (Å²) in [6, 6.07) is 0.754. The Morgan fingerprint density at radius 1 is 1.32 bits per heavy atom. The van der Waals surface area contributed by atoms with Crippen molar-refractivity contribution in [3.63, 3.8) is 0 Å². The van der Waals surface area contributed by atoms with Gasteiger partial charge >= 0.3 is 0 Å². The van der Waals surface area contributed by atoms with Crippen molar-refractivity contribution in [1.82, 2.24) is 20.4 Å². The van der Waals surface area contributed by atoms with Gasteiger partial charge in [-0.3, -0.25) is 4.90 Å². The average molecular weight is 390 g/mol. The smallest absolute Gasteiger partial charge is 0.0334 e. The zero-order valence-electron chi connectivity index (χ0n) is 18.8. The molecule has 1 fully saturated rings. The van der Waals surface area contributed by atoms with Crippen LogP contribution in [0.5, 0.6) is 0 Å². The number of likely N-dealkylation sites (tertiary alicyclic amines) is 1. The van der Waals surface area contributed by atoms with Crippen molar-refractivity contribution in [2.45, 2.75) is 45.7 Å². The van der Waals surface area contributed by atoms with E-state index < -0.39 is 0 Å². The number of hydrogen-bond donors (Lipinski definition) is 3. The molecule has 1 saturated heterocycles. The van der Waals surface area contributed by atoms with Gasteiger partial charge in [0.2, 0.25) is 0 Å². The third kappa shape index (κ3) is 4.71. The molecular formula is C23H43N5. The van der Waals surface area contributed by atoms with Crippen molar-refractivity contribution in [1.29, 1.82) is 0 Å². The van der Waals surface area contributed by atoms with E-state index in [-0.39, 0.29) is 0 Å². The summed E-state index contributed by atoms with van der Waals surface area (Å²) in [6.07, 6.45) is 4.89. The molecule has 3 aliphatic rings. The van der Waals surface area contributed by atoms with Gasteiger partial charge in [-0.15, -0.1) is 0 Å². The predicted molar refractivity (Wildman–Crippen MR) is 119 cm³/mol. The molecule has 3 aliphatic heterocycles. The second-order valence-corrected chi connectivity index (χ2v) is 9.40. The van der Waals surface area contributed by atoms with Crippen LogP contribution in [0.25, 0.3) is 0 Å². The molecule has 0 spiro atoms. The molecule has 0 bridgehead atoms. The Labute approximate surface area is 172 Å². The molecule has 28 heavy (non-hydrogen) atoms. The van der Waals surface area contributed by atoms with Gasteiger partial charge in [-0.05, 0) is 58.1 Å². The van der Waals surface area contributed by atoms with Crippen LogP contribution in [0.1, 0.15) is 33.6 Å². The van der Waals surface area contributed by atoms with E-state index in [9.17, 15) is 0 Å². The van der Waals surface area contributed by atoms with Gasteiger partial charge in [-0.1, -0.05) is 38.0 Å². The van der Waals surface area contributed by atoms with Gasteiger partial charge < -0.3 is 21.3 Å². The molecule has 4 atom stereocenters. The molecule has 0 amide bonds. The first-order valence-electron chi connectivity index (χ1n) is 11.4. The number of hydrogen-bond acceptors (Lipinski definition) is 5. The van der Waals surface area contributed by atoms with Crippen LogP contribution in [0.15, 0.2) is 22.8 Å². The minimum Gasteiger partial charge on any atom is -0.327 e. The molecule has 0 radical (unpaired) electrons. The summed E-state index contributed by atoms with van der Waals surface area (Å²) in [6.45, 7) is 14.7. The van der Waals surface area contributed by atoms with Crippen molar-refractivity contribution in [3.05, 3.63) is 22.8 Å². The molecule has 0 aromatic rings. The molecular weight excluding hydrogens is 346 g/mol. The first kappa shape index (κ1) is 22.0. The maximum absolute atomic E-state index is 6.63. The highest BCUT2D eigenvalue weighted by atomic mass is 15.2. The summed E-state index contributed by atoms with van der Waals surface area (Å²) in [5.74, 6) is 1.69. The number of piperidine rings is 1. The summed E-state index contributed by atoms with van der Waals surface area (Å²) in [5.41, 5.74) is 11.5. The molecule has 4 N–H and O–H groups in total. The second-order valence-electron chi connectivity index (χ2n) is 9.40. The standard InChI is InChI=1S/C23H43N5/c1-6-28-10-8-22(24)21(15-28)23-11-17(12-25-4)20(14-27(23)5)19-13-26-9-7-18(19)16(2)3/h11,16,20-23,25-26H,6-10,12-15,24H2,1-5H3. The lowest BCUT2D eigenvalue weighted by Crippen LogP contribution is -2.57. The summed E-state index contributed by atoms with van der Waals surface area (Å²) in [4.78, 5) is 5.16. The van der Waals surface area contributed by atoms with Gasteiger partial charge in [0.05, 0.1) is 0 Å². The molecule has 160 valence electrons. The Balaban J connectivity index is 1.90. The highest BCUT2D eigenvalue weighted by Gasteiger charge is 2.38. The topological polar surface area (TPSA) is 56.6 Å². The van der Waals surface area contributed by atoms with E-state index in [1.807, 2.05) is 0 Å². The van der Waals surface area contributed by atoms with Crippen molar-refractivity contribution < 1.29 is 0 Å². The normalized spacial score (nSPS) is 33.5. The van der Waals surface area contributed by atoms with Crippen molar-refractivity contribution in [3.8, 4) is 0 Å². The van der Waals surface area contributed by atoms with Gasteiger partial charge in [-0.2, -0.15) is 0 Å². The molecule has 3 rings (SSSR count). The second kappa shape index (κ2) is 9.86. The minimum absolute atomic E-state index is 0.306. The average Bonchev–Trinajstić information content (AvgIpc) is 2.69. The van der Waals surface area contributed by atoms with E-state index in [1.54, 1.807) is 16.7 Å². The fourth-order valence-electron chi connectivity index (χ4n) is 5.61. The number of likely N-dealkylation sites (N-methyl/N-ethyl adjacent to an activating group) is 2. The van der Waals surface area contributed by atoms with E-state index in [0.717, 1.165) is 52.2 Å². The van der Waals surface area contributed by atoms with Gasteiger partial charge in [0.25, 0.3) is 0 Å². The Bertz CT molecular complexity index is 582. The minimum atomic E-state index is 0.306. The maximum Gasteiger partial charge on any atom is 0.0334 e. The quantitative estimate of drug-likeness (QED) is 0.604. The maximum atomic E-state index is 6.63. The SMILES string of the molecule is CCN1CCC(N)C(C2C=C(CNC)C(C3=C(C(C)C)CCNC3)CN2C)C1. The largest absolute Gasteiger partial charge is 0.327 e. The van der Waals surface area contributed by atoms with Gasteiger partial charge in [0, 0.05) is 50.1 Å². The van der Waals surface area contributed by atoms with Crippen LogP contribution in [-0.4, -0.2) is 81.8 Å². The predicted octanol–water partition coefficient (Wildman–Crippen LogP) is 1.68. The van der Waals surface area contributed by atoms with Gasteiger partial charge in [-0.25, -0.2) is 0 Å². The molecule has 3 heterocycles. The molecule has 0 aromatic heterocycles. The Morgan fingerprint density at radius 3 is 2.79 bits per heavy atom. The number of nitrogens with one attached hydrogen (secondary N) is 2. The van der Waals surface area contributed by atoms with E-state index in [2.05, 4.69) is 61.4 Å². The first-order valence-corrected chi connectivity index (χ1v) is 11.4. The lowest BCUT2D eigenvalue weighted by Gasteiger charge is -2.47. The van der Waals surface area contributed by atoms with Gasteiger partial charge in [0.1, 0.15) is 0 Å². The summed E-state index contributed by atoms with van der Waals surface area (Å²) in [5, 5.41) is 7.09. The van der Waals surface area contributed by atoms with Crippen LogP contribution >= 0.6 is 0 Å². The third-order valence-electron chi connectivity index (χ3n) is 7.29. The monoisotopic (exact) mass is 389 g/mol. The summed E-state index contributed by atoms with van der Waals surface area (Å²) in [7, 11) is 4.39. The van der Waals surface area contributed by atoms with E-state index in [1.165, 1.54) is 6.42 Å². The highest BCUT2D eigenvalue weighted by Crippen LogP contribution is 2.36. The number of nitrogens with two attached hydrogens (primary N) is 1. The number of nitrogens with zero attached hydrogens (tertiary/aromatic N) is 2. The van der Waals surface area contributed by atoms with Crippen LogP contribution in [0, 0.1) is 17.8 Å².